The zero-order valence-corrected chi connectivity index (χ0v) is 14.7. The molecule has 2 heterocycles. The monoisotopic (exact) mass is 350 g/mol. The fraction of sp³-hybridized carbons (Fsp3) is 0.286. The highest BCUT2D eigenvalue weighted by Gasteiger charge is 2.19. The van der Waals surface area contributed by atoms with Gasteiger partial charge in [0.1, 0.15) is 11.5 Å². The van der Waals surface area contributed by atoms with Crippen molar-refractivity contribution >= 4 is 16.7 Å². The van der Waals surface area contributed by atoms with Crippen LogP contribution in [-0.4, -0.2) is 30.1 Å². The standard InChI is InChI=1S/C21H22N2O3/c1-13-17-6-4-15(11-14(17)5-7-18(13)24)19-8-9-20(26-19)21(25)23-16-3-2-10-22-12-16/h4-9,11,16,22,24H,2-3,10,12H2,1H3,(H,23,25). The van der Waals surface area contributed by atoms with Crippen molar-refractivity contribution in [2.24, 2.45) is 0 Å². The summed E-state index contributed by atoms with van der Waals surface area (Å²) in [6, 6.07) is 13.2. The Morgan fingerprint density at radius 2 is 2.12 bits per heavy atom. The number of rotatable bonds is 3. The van der Waals surface area contributed by atoms with Crippen molar-refractivity contribution in [2.45, 2.75) is 25.8 Å². The number of carbonyl (C=O) groups excluding carboxylic acids is 1. The third kappa shape index (κ3) is 3.18. The number of nitrogens with one attached hydrogen (secondary N) is 2. The van der Waals surface area contributed by atoms with Crippen LogP contribution >= 0.6 is 0 Å². The lowest BCUT2D eigenvalue weighted by Gasteiger charge is -2.23. The average Bonchev–Trinajstić information content (AvgIpc) is 3.16. The number of aryl methyl sites for hydroxylation is 1. The van der Waals surface area contributed by atoms with Gasteiger partial charge in [-0.1, -0.05) is 18.2 Å². The molecule has 0 saturated carbocycles. The summed E-state index contributed by atoms with van der Waals surface area (Å²) in [7, 11) is 0. The number of phenolic OH excluding ortho intramolecular Hbond substituents is 1. The molecule has 1 fully saturated rings. The summed E-state index contributed by atoms with van der Waals surface area (Å²) < 4.78 is 5.79. The quantitative estimate of drug-likeness (QED) is 0.675. The predicted molar refractivity (Wildman–Crippen MR) is 101 cm³/mol. The molecule has 5 heteroatoms. The number of hydrogen-bond donors (Lipinski definition) is 3. The first-order chi connectivity index (χ1) is 12.6. The normalized spacial score (nSPS) is 17.3. The number of benzene rings is 2. The second-order valence-corrected chi connectivity index (χ2v) is 6.83. The Labute approximate surface area is 152 Å². The van der Waals surface area contributed by atoms with Crippen molar-refractivity contribution < 1.29 is 14.3 Å². The second-order valence-electron chi connectivity index (χ2n) is 6.83. The van der Waals surface area contributed by atoms with Crippen LogP contribution in [0.5, 0.6) is 5.75 Å². The fourth-order valence-electron chi connectivity index (χ4n) is 3.47. The molecule has 5 nitrogen and oxygen atoms in total. The molecule has 1 aromatic heterocycles. The molecule has 26 heavy (non-hydrogen) atoms. The highest BCUT2D eigenvalue weighted by molar-refractivity contribution is 5.93. The van der Waals surface area contributed by atoms with Crippen LogP contribution < -0.4 is 10.6 Å². The van der Waals surface area contributed by atoms with Crippen LogP contribution in [0, 0.1) is 6.92 Å². The third-order valence-electron chi connectivity index (χ3n) is 5.01. The van der Waals surface area contributed by atoms with E-state index in [4.69, 9.17) is 4.42 Å². The first-order valence-corrected chi connectivity index (χ1v) is 8.96. The van der Waals surface area contributed by atoms with E-state index in [1.807, 2.05) is 37.3 Å². The Bertz CT molecular complexity index is 955. The van der Waals surface area contributed by atoms with Crippen molar-refractivity contribution in [2.75, 3.05) is 13.1 Å². The Kier molecular flexibility index (Phi) is 4.39. The van der Waals surface area contributed by atoms with Gasteiger partial charge in [-0.25, -0.2) is 0 Å². The lowest BCUT2D eigenvalue weighted by molar-refractivity contribution is 0.0903. The average molecular weight is 350 g/mol. The van der Waals surface area contributed by atoms with Crippen molar-refractivity contribution in [1.82, 2.24) is 10.6 Å². The minimum Gasteiger partial charge on any atom is -0.508 e. The highest BCUT2D eigenvalue weighted by atomic mass is 16.3. The smallest absolute Gasteiger partial charge is 0.287 e. The molecule has 1 unspecified atom stereocenters. The Balaban J connectivity index is 1.56. The summed E-state index contributed by atoms with van der Waals surface area (Å²) in [5, 5.41) is 18.2. The van der Waals surface area contributed by atoms with Gasteiger partial charge in [-0.2, -0.15) is 0 Å². The number of amides is 1. The summed E-state index contributed by atoms with van der Waals surface area (Å²) in [4.78, 5) is 12.4. The van der Waals surface area contributed by atoms with E-state index in [2.05, 4.69) is 10.6 Å². The lowest BCUT2D eigenvalue weighted by atomic mass is 10.0. The van der Waals surface area contributed by atoms with Crippen LogP contribution in [0.4, 0.5) is 0 Å². The van der Waals surface area contributed by atoms with Crippen molar-refractivity contribution in [1.29, 1.82) is 0 Å². The molecule has 0 spiro atoms. The predicted octanol–water partition coefficient (Wildman–Crippen LogP) is 3.60. The Morgan fingerprint density at radius 3 is 2.92 bits per heavy atom. The second kappa shape index (κ2) is 6.84. The van der Waals surface area contributed by atoms with Gasteiger partial charge in [0.05, 0.1) is 0 Å². The molecule has 0 bridgehead atoms. The van der Waals surface area contributed by atoms with E-state index in [9.17, 15) is 9.90 Å². The maximum Gasteiger partial charge on any atom is 0.287 e. The van der Waals surface area contributed by atoms with Gasteiger partial charge < -0.3 is 20.2 Å². The molecule has 1 aliphatic rings. The number of phenols is 1. The minimum absolute atomic E-state index is 0.154. The van der Waals surface area contributed by atoms with Gasteiger partial charge in [0, 0.05) is 18.2 Å². The number of fused-ring (bicyclic) bond motifs is 1. The van der Waals surface area contributed by atoms with E-state index in [0.29, 0.717) is 17.3 Å². The summed E-state index contributed by atoms with van der Waals surface area (Å²) in [5.74, 6) is 1.10. The SMILES string of the molecule is Cc1c(O)ccc2cc(-c3ccc(C(=O)NC4CCCNC4)o3)ccc12. The topological polar surface area (TPSA) is 74.5 Å². The number of piperidine rings is 1. The van der Waals surface area contributed by atoms with Crippen LogP contribution in [0.2, 0.25) is 0 Å². The molecule has 1 amide bonds. The molecule has 2 aromatic carbocycles. The number of aromatic hydroxyl groups is 1. The number of carbonyl (C=O) groups is 1. The first-order valence-electron chi connectivity index (χ1n) is 8.96. The van der Waals surface area contributed by atoms with E-state index < -0.39 is 0 Å². The van der Waals surface area contributed by atoms with Crippen LogP contribution in [0.3, 0.4) is 0 Å². The molecule has 4 rings (SSSR count). The molecule has 1 aliphatic heterocycles. The molecule has 1 atom stereocenters. The van der Waals surface area contributed by atoms with Gasteiger partial charge in [0.2, 0.25) is 0 Å². The molecular formula is C21H22N2O3. The summed E-state index contributed by atoms with van der Waals surface area (Å²) >= 11 is 0. The molecule has 1 saturated heterocycles. The van der Waals surface area contributed by atoms with E-state index >= 15 is 0 Å². The van der Waals surface area contributed by atoms with Gasteiger partial charge in [0.15, 0.2) is 5.76 Å². The molecule has 134 valence electrons. The van der Waals surface area contributed by atoms with Crippen LogP contribution in [0.25, 0.3) is 22.1 Å². The Hall–Kier alpha value is -2.79. The van der Waals surface area contributed by atoms with E-state index in [0.717, 1.165) is 47.8 Å². The minimum atomic E-state index is -0.175. The molecule has 0 aliphatic carbocycles. The third-order valence-corrected chi connectivity index (χ3v) is 5.01. The van der Waals surface area contributed by atoms with Gasteiger partial charge in [-0.15, -0.1) is 0 Å². The maximum atomic E-state index is 12.4. The molecule has 3 aromatic rings. The van der Waals surface area contributed by atoms with Gasteiger partial charge in [0.25, 0.3) is 5.91 Å². The number of furan rings is 1. The maximum absolute atomic E-state index is 12.4. The fourth-order valence-corrected chi connectivity index (χ4v) is 3.47. The first kappa shape index (κ1) is 16.7. The molecular weight excluding hydrogens is 328 g/mol. The van der Waals surface area contributed by atoms with Crippen molar-refractivity contribution in [3.63, 3.8) is 0 Å². The summed E-state index contributed by atoms with van der Waals surface area (Å²) in [5.41, 5.74) is 1.76. The van der Waals surface area contributed by atoms with Crippen molar-refractivity contribution in [3.8, 4) is 17.1 Å². The largest absolute Gasteiger partial charge is 0.508 e. The highest BCUT2D eigenvalue weighted by Crippen LogP contribution is 2.31. The van der Waals surface area contributed by atoms with E-state index in [-0.39, 0.29) is 11.9 Å². The molecule has 0 radical (unpaired) electrons. The van der Waals surface area contributed by atoms with Gasteiger partial charge in [-0.05, 0) is 66.9 Å². The summed E-state index contributed by atoms with van der Waals surface area (Å²) in [6.07, 6.45) is 2.06. The lowest BCUT2D eigenvalue weighted by Crippen LogP contribution is -2.45. The number of hydrogen-bond acceptors (Lipinski definition) is 4. The van der Waals surface area contributed by atoms with E-state index in [1.165, 1.54) is 0 Å². The van der Waals surface area contributed by atoms with Crippen LogP contribution in [0.15, 0.2) is 46.9 Å². The Morgan fingerprint density at radius 1 is 1.23 bits per heavy atom. The van der Waals surface area contributed by atoms with Gasteiger partial charge in [-0.3, -0.25) is 4.79 Å². The van der Waals surface area contributed by atoms with E-state index in [1.54, 1.807) is 12.1 Å². The zero-order valence-electron chi connectivity index (χ0n) is 14.7. The summed E-state index contributed by atoms with van der Waals surface area (Å²) in [6.45, 7) is 3.71. The van der Waals surface area contributed by atoms with Crippen LogP contribution in [0.1, 0.15) is 29.0 Å². The zero-order chi connectivity index (χ0) is 18.1. The van der Waals surface area contributed by atoms with Crippen LogP contribution in [-0.2, 0) is 0 Å². The van der Waals surface area contributed by atoms with Gasteiger partial charge >= 0.3 is 0 Å². The van der Waals surface area contributed by atoms with Crippen molar-refractivity contribution in [3.05, 3.63) is 53.8 Å². The molecule has 3 N–H and O–H groups in total.